The number of halogens is 3. The van der Waals surface area contributed by atoms with Gasteiger partial charge >= 0.3 is 6.18 Å². The zero-order chi connectivity index (χ0) is 12.6. The first kappa shape index (κ1) is 12.0. The maximum absolute atomic E-state index is 13.0. The van der Waals surface area contributed by atoms with Gasteiger partial charge in [-0.2, -0.15) is 18.4 Å². The third kappa shape index (κ3) is 2.14. The lowest BCUT2D eigenvalue weighted by Gasteiger charge is -2.25. The van der Waals surface area contributed by atoms with Crippen molar-refractivity contribution >= 4 is 0 Å². The van der Waals surface area contributed by atoms with Gasteiger partial charge < -0.3 is 0 Å². The molecule has 4 heteroatoms. The van der Waals surface area contributed by atoms with Gasteiger partial charge in [-0.1, -0.05) is 13.0 Å². The molecule has 1 atom stereocenters. The lowest BCUT2D eigenvalue weighted by molar-refractivity contribution is -0.138. The number of fused-ring (bicyclic) bond motifs is 1. The lowest BCUT2D eigenvalue weighted by atomic mass is 9.81. The van der Waals surface area contributed by atoms with Crippen LogP contribution in [0.15, 0.2) is 12.1 Å². The average molecular weight is 239 g/mol. The van der Waals surface area contributed by atoms with Crippen molar-refractivity contribution < 1.29 is 13.2 Å². The van der Waals surface area contributed by atoms with Crippen molar-refractivity contribution in [1.82, 2.24) is 0 Å². The van der Waals surface area contributed by atoms with Crippen molar-refractivity contribution in [3.8, 4) is 6.07 Å². The van der Waals surface area contributed by atoms with E-state index in [1.165, 1.54) is 6.07 Å². The Balaban J connectivity index is 2.65. The Hall–Kier alpha value is -1.50. The Bertz CT molecular complexity index is 483. The zero-order valence-electron chi connectivity index (χ0n) is 9.43. The molecule has 0 radical (unpaired) electrons. The van der Waals surface area contributed by atoms with E-state index in [4.69, 9.17) is 5.26 Å². The summed E-state index contributed by atoms with van der Waals surface area (Å²) in [4.78, 5) is 0. The molecule has 0 heterocycles. The molecular formula is C13H12F3N. The minimum atomic E-state index is -4.44. The normalized spacial score (nSPS) is 19.6. The molecule has 1 aromatic rings. The van der Waals surface area contributed by atoms with Gasteiger partial charge in [-0.15, -0.1) is 0 Å². The molecular weight excluding hydrogens is 227 g/mol. The molecule has 1 nitrogen and oxygen atoms in total. The Kier molecular flexibility index (Phi) is 2.86. The van der Waals surface area contributed by atoms with Gasteiger partial charge in [0.25, 0.3) is 0 Å². The van der Waals surface area contributed by atoms with Crippen molar-refractivity contribution in [2.45, 2.75) is 32.4 Å². The largest absolute Gasteiger partial charge is 0.417 e. The molecule has 1 aliphatic carbocycles. The summed E-state index contributed by atoms with van der Waals surface area (Å²) in [7, 11) is 0. The molecule has 2 rings (SSSR count). The number of alkyl halides is 3. The minimum absolute atomic E-state index is 0.248. The summed E-state index contributed by atoms with van der Waals surface area (Å²) in [6.07, 6.45) is -2.44. The van der Waals surface area contributed by atoms with E-state index >= 15 is 0 Å². The highest BCUT2D eigenvalue weighted by Gasteiger charge is 2.38. The van der Waals surface area contributed by atoms with Crippen LogP contribution < -0.4 is 0 Å². The first-order valence-electron chi connectivity index (χ1n) is 5.55. The fraction of sp³-hybridized carbons (Fsp3) is 0.462. The quantitative estimate of drug-likeness (QED) is 0.677. The maximum atomic E-state index is 13.0. The fourth-order valence-electron chi connectivity index (χ4n) is 2.43. The van der Waals surface area contributed by atoms with Gasteiger partial charge in [-0.25, -0.2) is 0 Å². The predicted octanol–water partition coefficient (Wildman–Crippen LogP) is 3.70. The standard InChI is InChI=1S/C13H12F3N/c1-8-2-3-9-4-5-10(7-17)12(11(9)6-8)13(14,15)16/h4-5,8H,2-3,6H2,1H3. The van der Waals surface area contributed by atoms with E-state index in [9.17, 15) is 13.2 Å². The molecule has 0 spiro atoms. The molecule has 0 fully saturated rings. The van der Waals surface area contributed by atoms with Crippen molar-refractivity contribution in [3.05, 3.63) is 34.4 Å². The average Bonchev–Trinajstić information content (AvgIpc) is 2.25. The number of benzene rings is 1. The molecule has 0 saturated carbocycles. The number of hydrogen-bond acceptors (Lipinski definition) is 1. The van der Waals surface area contributed by atoms with Crippen molar-refractivity contribution in [3.63, 3.8) is 0 Å². The van der Waals surface area contributed by atoms with Crippen LogP contribution in [0.25, 0.3) is 0 Å². The second kappa shape index (κ2) is 4.06. The van der Waals surface area contributed by atoms with E-state index in [2.05, 4.69) is 0 Å². The molecule has 90 valence electrons. The summed E-state index contributed by atoms with van der Waals surface area (Å²) in [6.45, 7) is 1.95. The second-order valence-electron chi connectivity index (χ2n) is 4.58. The van der Waals surface area contributed by atoms with Crippen LogP contribution in [-0.2, 0) is 19.0 Å². The van der Waals surface area contributed by atoms with Gasteiger partial charge in [0, 0.05) is 0 Å². The van der Waals surface area contributed by atoms with Crippen LogP contribution in [0.1, 0.15) is 35.6 Å². The smallest absolute Gasteiger partial charge is 0.192 e. The van der Waals surface area contributed by atoms with Gasteiger partial charge in [-0.05, 0) is 42.4 Å². The third-order valence-corrected chi connectivity index (χ3v) is 3.27. The molecule has 0 amide bonds. The molecule has 0 aliphatic heterocycles. The Labute approximate surface area is 97.9 Å². The summed E-state index contributed by atoms with van der Waals surface area (Å²) in [5, 5.41) is 8.80. The van der Waals surface area contributed by atoms with Crippen LogP contribution in [-0.4, -0.2) is 0 Å². The Morgan fingerprint density at radius 3 is 2.65 bits per heavy atom. The molecule has 17 heavy (non-hydrogen) atoms. The van der Waals surface area contributed by atoms with Crippen LogP contribution in [0.3, 0.4) is 0 Å². The van der Waals surface area contributed by atoms with Gasteiger partial charge in [0.2, 0.25) is 0 Å². The highest BCUT2D eigenvalue weighted by Crippen LogP contribution is 2.39. The molecule has 1 aromatic carbocycles. The summed E-state index contributed by atoms with van der Waals surface area (Å²) in [6, 6.07) is 4.60. The first-order chi connectivity index (χ1) is 7.93. The van der Waals surface area contributed by atoms with Gasteiger partial charge in [0.15, 0.2) is 0 Å². The fourth-order valence-corrected chi connectivity index (χ4v) is 2.43. The van der Waals surface area contributed by atoms with Crippen LogP contribution >= 0.6 is 0 Å². The molecule has 1 aliphatic rings. The maximum Gasteiger partial charge on any atom is 0.417 e. The van der Waals surface area contributed by atoms with E-state index in [0.29, 0.717) is 18.4 Å². The van der Waals surface area contributed by atoms with Gasteiger partial charge in [-0.3, -0.25) is 0 Å². The molecule has 0 bridgehead atoms. The second-order valence-corrected chi connectivity index (χ2v) is 4.58. The number of hydrogen-bond donors (Lipinski definition) is 0. The van der Waals surface area contributed by atoms with Crippen molar-refractivity contribution in [1.29, 1.82) is 5.26 Å². The van der Waals surface area contributed by atoms with E-state index in [1.54, 1.807) is 12.1 Å². The summed E-state index contributed by atoms with van der Waals surface area (Å²) in [5.41, 5.74) is 0.0964. The summed E-state index contributed by atoms with van der Waals surface area (Å²) >= 11 is 0. The van der Waals surface area contributed by atoms with Crippen LogP contribution in [0.2, 0.25) is 0 Å². The molecule has 0 saturated heterocycles. The highest BCUT2D eigenvalue weighted by molar-refractivity contribution is 5.49. The first-order valence-corrected chi connectivity index (χ1v) is 5.55. The molecule has 0 N–H and O–H groups in total. The van der Waals surface area contributed by atoms with E-state index in [1.807, 2.05) is 6.92 Å². The van der Waals surface area contributed by atoms with Crippen LogP contribution in [0, 0.1) is 17.2 Å². The topological polar surface area (TPSA) is 23.8 Å². The summed E-state index contributed by atoms with van der Waals surface area (Å²) < 4.78 is 39.0. The van der Waals surface area contributed by atoms with E-state index < -0.39 is 11.7 Å². The summed E-state index contributed by atoms with van der Waals surface area (Å²) in [5.74, 6) is 0.248. The number of rotatable bonds is 0. The van der Waals surface area contributed by atoms with E-state index in [0.717, 1.165) is 12.0 Å². The van der Waals surface area contributed by atoms with Crippen LogP contribution in [0.5, 0.6) is 0 Å². The molecule has 0 aromatic heterocycles. The number of nitriles is 1. The Morgan fingerprint density at radius 1 is 1.35 bits per heavy atom. The van der Waals surface area contributed by atoms with Crippen LogP contribution in [0.4, 0.5) is 13.2 Å². The number of aryl methyl sites for hydroxylation is 1. The molecule has 1 unspecified atom stereocenters. The van der Waals surface area contributed by atoms with Gasteiger partial charge in [0.05, 0.1) is 17.2 Å². The predicted molar refractivity (Wildman–Crippen MR) is 57.3 cm³/mol. The van der Waals surface area contributed by atoms with E-state index in [-0.39, 0.29) is 11.5 Å². The minimum Gasteiger partial charge on any atom is -0.192 e. The Morgan fingerprint density at radius 2 is 2.06 bits per heavy atom. The lowest BCUT2D eigenvalue weighted by Crippen LogP contribution is -2.19. The van der Waals surface area contributed by atoms with Gasteiger partial charge in [0.1, 0.15) is 0 Å². The monoisotopic (exact) mass is 239 g/mol. The third-order valence-electron chi connectivity index (χ3n) is 3.27. The zero-order valence-corrected chi connectivity index (χ0v) is 9.43. The van der Waals surface area contributed by atoms with Crippen molar-refractivity contribution in [2.24, 2.45) is 5.92 Å². The number of nitrogens with zero attached hydrogens (tertiary/aromatic N) is 1. The highest BCUT2D eigenvalue weighted by atomic mass is 19.4. The van der Waals surface area contributed by atoms with Crippen molar-refractivity contribution in [2.75, 3.05) is 0 Å². The SMILES string of the molecule is CC1CCc2ccc(C#N)c(C(F)(F)F)c2C1.